The smallest absolute Gasteiger partial charge is 0.406 e. The van der Waals surface area contributed by atoms with Gasteiger partial charge in [-0.2, -0.15) is 0 Å². The van der Waals surface area contributed by atoms with Crippen molar-refractivity contribution in [2.24, 2.45) is 0 Å². The highest BCUT2D eigenvalue weighted by atomic mass is 19.4. The highest BCUT2D eigenvalue weighted by molar-refractivity contribution is 5.85. The summed E-state index contributed by atoms with van der Waals surface area (Å²) in [4.78, 5) is 6.01. The first-order chi connectivity index (χ1) is 13.4. The number of aromatic amines is 1. The van der Waals surface area contributed by atoms with E-state index >= 15 is 0 Å². The van der Waals surface area contributed by atoms with Gasteiger partial charge in [-0.3, -0.25) is 0 Å². The molecular weight excluding hydrogens is 365 g/mol. The number of halogens is 3. The third-order valence-corrected chi connectivity index (χ3v) is 5.46. The summed E-state index contributed by atoms with van der Waals surface area (Å²) < 4.78 is 40.8. The van der Waals surface area contributed by atoms with Crippen LogP contribution in [-0.2, 0) is 6.42 Å². The standard InChI is InChI=1S/C22H23F3N2O/c1-15-3-2-11-27(15)12-10-19-14-18-13-17(6-9-21(18)26-19)16-4-7-20(8-5-16)28-22(23,24)25/h4-9,13-15,26H,2-3,10-12H2,1H3/t15-/m1/s1. The average molecular weight is 388 g/mol. The van der Waals surface area contributed by atoms with Gasteiger partial charge in [-0.25, -0.2) is 0 Å². The monoisotopic (exact) mass is 388 g/mol. The largest absolute Gasteiger partial charge is 0.573 e. The summed E-state index contributed by atoms with van der Waals surface area (Å²) in [7, 11) is 0. The Hall–Kier alpha value is -2.47. The number of aromatic nitrogens is 1. The molecule has 0 spiro atoms. The van der Waals surface area contributed by atoms with Crippen LogP contribution in [-0.4, -0.2) is 35.4 Å². The van der Waals surface area contributed by atoms with Gasteiger partial charge in [0, 0.05) is 35.6 Å². The van der Waals surface area contributed by atoms with Crippen LogP contribution in [0.5, 0.6) is 5.75 Å². The molecule has 28 heavy (non-hydrogen) atoms. The van der Waals surface area contributed by atoms with Crippen molar-refractivity contribution in [3.63, 3.8) is 0 Å². The maximum atomic E-state index is 12.3. The summed E-state index contributed by atoms with van der Waals surface area (Å²) in [6, 6.07) is 14.9. The quantitative estimate of drug-likeness (QED) is 0.602. The van der Waals surface area contributed by atoms with E-state index in [1.165, 1.54) is 37.2 Å². The molecule has 1 aliphatic heterocycles. The summed E-state index contributed by atoms with van der Waals surface area (Å²) in [5.74, 6) is -0.211. The first kappa shape index (κ1) is 18.9. The fourth-order valence-electron chi connectivity index (χ4n) is 3.95. The maximum absolute atomic E-state index is 12.3. The Morgan fingerprint density at radius 1 is 1.07 bits per heavy atom. The number of hydrogen-bond acceptors (Lipinski definition) is 2. The Bertz CT molecular complexity index is 947. The second-order valence-corrected chi connectivity index (χ2v) is 7.45. The van der Waals surface area contributed by atoms with E-state index in [-0.39, 0.29) is 5.75 Å². The van der Waals surface area contributed by atoms with Gasteiger partial charge in [0.1, 0.15) is 5.75 Å². The molecule has 2 aromatic carbocycles. The van der Waals surface area contributed by atoms with E-state index in [2.05, 4.69) is 33.7 Å². The van der Waals surface area contributed by atoms with Crippen molar-refractivity contribution < 1.29 is 17.9 Å². The van der Waals surface area contributed by atoms with Gasteiger partial charge in [-0.1, -0.05) is 18.2 Å². The predicted molar refractivity (Wildman–Crippen MR) is 104 cm³/mol. The fraction of sp³-hybridized carbons (Fsp3) is 0.364. The van der Waals surface area contributed by atoms with Gasteiger partial charge in [0.25, 0.3) is 0 Å². The predicted octanol–water partition coefficient (Wildman–Crippen LogP) is 5.76. The molecule has 3 nitrogen and oxygen atoms in total. The lowest BCUT2D eigenvalue weighted by molar-refractivity contribution is -0.274. The summed E-state index contributed by atoms with van der Waals surface area (Å²) >= 11 is 0. The van der Waals surface area contributed by atoms with Crippen molar-refractivity contribution in [1.82, 2.24) is 9.88 Å². The minimum absolute atomic E-state index is 0.211. The Labute approximate surface area is 162 Å². The van der Waals surface area contributed by atoms with E-state index < -0.39 is 6.36 Å². The molecule has 1 fully saturated rings. The van der Waals surface area contributed by atoms with Gasteiger partial charge in [-0.05, 0) is 67.8 Å². The van der Waals surface area contributed by atoms with Crippen LogP contribution in [0.2, 0.25) is 0 Å². The fourth-order valence-corrected chi connectivity index (χ4v) is 3.95. The van der Waals surface area contributed by atoms with Crippen LogP contribution < -0.4 is 4.74 Å². The lowest BCUT2D eigenvalue weighted by Gasteiger charge is -2.20. The normalized spacial score (nSPS) is 18.1. The number of hydrogen-bond donors (Lipinski definition) is 1. The number of nitrogens with zero attached hydrogens (tertiary/aromatic N) is 1. The van der Waals surface area contributed by atoms with Crippen LogP contribution in [0.15, 0.2) is 48.5 Å². The average Bonchev–Trinajstić information content (AvgIpc) is 3.24. The second-order valence-electron chi connectivity index (χ2n) is 7.45. The highest BCUT2D eigenvalue weighted by Gasteiger charge is 2.31. The van der Waals surface area contributed by atoms with E-state index in [0.717, 1.165) is 35.0 Å². The lowest BCUT2D eigenvalue weighted by atomic mass is 10.0. The van der Waals surface area contributed by atoms with Crippen molar-refractivity contribution in [1.29, 1.82) is 0 Å². The van der Waals surface area contributed by atoms with E-state index in [0.29, 0.717) is 6.04 Å². The molecule has 1 N–H and O–H groups in total. The van der Waals surface area contributed by atoms with Gasteiger partial charge in [0.05, 0.1) is 0 Å². The molecule has 0 aliphatic carbocycles. The van der Waals surface area contributed by atoms with Crippen molar-refractivity contribution >= 4 is 10.9 Å². The lowest BCUT2D eigenvalue weighted by Crippen LogP contribution is -2.29. The second kappa shape index (κ2) is 7.51. The van der Waals surface area contributed by atoms with Crippen molar-refractivity contribution in [2.75, 3.05) is 13.1 Å². The van der Waals surface area contributed by atoms with Gasteiger partial charge in [0.15, 0.2) is 0 Å². The molecule has 1 atom stereocenters. The van der Waals surface area contributed by atoms with Crippen LogP contribution in [0.3, 0.4) is 0 Å². The molecular formula is C22H23F3N2O. The zero-order valence-electron chi connectivity index (χ0n) is 15.7. The molecule has 148 valence electrons. The molecule has 0 amide bonds. The first-order valence-corrected chi connectivity index (χ1v) is 9.59. The Kier molecular flexibility index (Phi) is 5.06. The van der Waals surface area contributed by atoms with E-state index in [1.807, 2.05) is 12.1 Å². The summed E-state index contributed by atoms with van der Waals surface area (Å²) in [6.07, 6.45) is -1.13. The molecule has 1 aromatic heterocycles. The Morgan fingerprint density at radius 2 is 1.82 bits per heavy atom. The van der Waals surface area contributed by atoms with Gasteiger partial charge in [0.2, 0.25) is 0 Å². The van der Waals surface area contributed by atoms with E-state index in [1.54, 1.807) is 12.1 Å². The number of likely N-dealkylation sites (tertiary alicyclic amines) is 1. The number of rotatable bonds is 5. The summed E-state index contributed by atoms with van der Waals surface area (Å²) in [5.41, 5.74) is 4.10. The molecule has 2 heterocycles. The molecule has 3 aromatic rings. The van der Waals surface area contributed by atoms with Crippen LogP contribution >= 0.6 is 0 Å². The van der Waals surface area contributed by atoms with Crippen LogP contribution in [0, 0.1) is 0 Å². The van der Waals surface area contributed by atoms with Crippen LogP contribution in [0.1, 0.15) is 25.5 Å². The summed E-state index contributed by atoms with van der Waals surface area (Å²) in [5, 5.41) is 1.11. The van der Waals surface area contributed by atoms with Crippen molar-refractivity contribution in [3.8, 4) is 16.9 Å². The minimum atomic E-state index is -4.67. The molecule has 6 heteroatoms. The van der Waals surface area contributed by atoms with E-state index in [4.69, 9.17) is 0 Å². The molecule has 0 bridgehead atoms. The van der Waals surface area contributed by atoms with E-state index in [9.17, 15) is 13.2 Å². The number of fused-ring (bicyclic) bond motifs is 1. The van der Waals surface area contributed by atoms with Crippen LogP contribution in [0.4, 0.5) is 13.2 Å². The SMILES string of the molecule is C[C@@H]1CCCN1CCc1cc2cc(-c3ccc(OC(F)(F)F)cc3)ccc2[nH]1. The van der Waals surface area contributed by atoms with Crippen molar-refractivity contribution in [2.45, 2.75) is 38.6 Å². The Morgan fingerprint density at radius 3 is 2.50 bits per heavy atom. The third-order valence-electron chi connectivity index (χ3n) is 5.46. The first-order valence-electron chi connectivity index (χ1n) is 9.59. The molecule has 1 saturated heterocycles. The highest BCUT2D eigenvalue weighted by Crippen LogP contribution is 2.29. The molecule has 1 aliphatic rings. The topological polar surface area (TPSA) is 28.3 Å². The van der Waals surface area contributed by atoms with Gasteiger partial charge >= 0.3 is 6.36 Å². The number of ether oxygens (including phenoxy) is 1. The van der Waals surface area contributed by atoms with Crippen molar-refractivity contribution in [3.05, 3.63) is 54.2 Å². The molecule has 0 radical (unpaired) electrons. The number of alkyl halides is 3. The maximum Gasteiger partial charge on any atom is 0.573 e. The number of H-pyrrole nitrogens is 1. The molecule has 0 unspecified atom stereocenters. The van der Waals surface area contributed by atoms with Crippen LogP contribution in [0.25, 0.3) is 22.0 Å². The van der Waals surface area contributed by atoms with Gasteiger partial charge in [-0.15, -0.1) is 13.2 Å². The van der Waals surface area contributed by atoms with Gasteiger partial charge < -0.3 is 14.6 Å². The Balaban J connectivity index is 1.48. The third kappa shape index (κ3) is 4.33. The molecule has 4 rings (SSSR count). The summed E-state index contributed by atoms with van der Waals surface area (Å²) in [6.45, 7) is 4.52. The zero-order chi connectivity index (χ0) is 19.7. The minimum Gasteiger partial charge on any atom is -0.406 e. The zero-order valence-corrected chi connectivity index (χ0v) is 15.7. The molecule has 0 saturated carbocycles. The number of benzene rings is 2. The number of nitrogens with one attached hydrogen (secondary N) is 1.